The Balaban J connectivity index is 2.14. The van der Waals surface area contributed by atoms with Crippen LogP contribution in [0.2, 0.25) is 0 Å². The molecule has 0 radical (unpaired) electrons. The first kappa shape index (κ1) is 17.5. The number of nitrogens with one attached hydrogen (secondary N) is 3. The van der Waals surface area contributed by atoms with Gasteiger partial charge in [0.05, 0.1) is 4.90 Å². The molecule has 0 unspecified atom stereocenters. The number of primary sulfonamides is 1. The first-order valence-corrected chi connectivity index (χ1v) is 8.16. The first-order valence-electron chi connectivity index (χ1n) is 6.20. The molecule has 0 fully saturated rings. The average molecular weight is 369 g/mol. The molecule has 0 aliphatic rings. The van der Waals surface area contributed by atoms with E-state index in [1.807, 2.05) is 9.97 Å². The van der Waals surface area contributed by atoms with Crippen LogP contribution >= 0.6 is 12.2 Å². The van der Waals surface area contributed by atoms with Gasteiger partial charge in [-0.3, -0.25) is 14.8 Å². The van der Waals surface area contributed by atoms with Crippen molar-refractivity contribution < 1.29 is 13.5 Å². The molecular weight excluding hydrogens is 358 g/mol. The van der Waals surface area contributed by atoms with Crippen LogP contribution in [0.15, 0.2) is 43.7 Å². The van der Waals surface area contributed by atoms with Crippen molar-refractivity contribution in [2.75, 3.05) is 5.32 Å². The number of H-pyrrole nitrogens is 2. The molecular formula is C12H11N5O5S2. The number of nitrogens with zero attached hydrogens (tertiary/aromatic N) is 1. The summed E-state index contributed by atoms with van der Waals surface area (Å²) >= 11 is 4.94. The topological polar surface area (TPSA) is 170 Å². The van der Waals surface area contributed by atoms with Crippen LogP contribution in [0.25, 0.3) is 0 Å². The van der Waals surface area contributed by atoms with Gasteiger partial charge in [0.15, 0.2) is 5.11 Å². The number of aliphatic imine (C=N–C) groups is 1. The van der Waals surface area contributed by atoms with Gasteiger partial charge in [0, 0.05) is 11.9 Å². The van der Waals surface area contributed by atoms with Gasteiger partial charge in [0.2, 0.25) is 15.9 Å². The Morgan fingerprint density at radius 2 is 1.88 bits per heavy atom. The Morgan fingerprint density at radius 1 is 1.25 bits per heavy atom. The number of rotatable bonds is 3. The average Bonchev–Trinajstić information content (AvgIpc) is 2.45. The quantitative estimate of drug-likeness (QED) is 0.349. The highest BCUT2D eigenvalue weighted by Crippen LogP contribution is 2.13. The molecule has 10 nitrogen and oxygen atoms in total. The minimum absolute atomic E-state index is 0.0628. The van der Waals surface area contributed by atoms with Crippen molar-refractivity contribution in [3.05, 3.63) is 50.7 Å². The third kappa shape index (κ3) is 4.34. The number of nitrogens with two attached hydrogens (primary N) is 1. The number of benzene rings is 1. The third-order valence-electron chi connectivity index (χ3n) is 2.70. The molecule has 0 spiro atoms. The fourth-order valence-electron chi connectivity index (χ4n) is 1.61. The van der Waals surface area contributed by atoms with Crippen molar-refractivity contribution >= 4 is 39.3 Å². The predicted molar refractivity (Wildman–Crippen MR) is 91.0 cm³/mol. The van der Waals surface area contributed by atoms with E-state index in [0.717, 1.165) is 6.21 Å². The van der Waals surface area contributed by atoms with Crippen LogP contribution in [-0.4, -0.2) is 34.8 Å². The Labute approximate surface area is 140 Å². The molecule has 0 amide bonds. The van der Waals surface area contributed by atoms with Gasteiger partial charge in [-0.25, -0.2) is 23.3 Å². The van der Waals surface area contributed by atoms with Crippen molar-refractivity contribution in [1.82, 2.24) is 9.97 Å². The largest absolute Gasteiger partial charge is 0.494 e. The Morgan fingerprint density at radius 3 is 2.42 bits per heavy atom. The van der Waals surface area contributed by atoms with Crippen molar-refractivity contribution in [2.24, 2.45) is 10.1 Å². The van der Waals surface area contributed by atoms with E-state index in [4.69, 9.17) is 17.4 Å². The second-order valence-corrected chi connectivity index (χ2v) is 6.38. The summed E-state index contributed by atoms with van der Waals surface area (Å²) in [6.45, 7) is 0. The molecule has 6 N–H and O–H groups in total. The molecule has 0 saturated carbocycles. The number of aromatic nitrogens is 2. The summed E-state index contributed by atoms with van der Waals surface area (Å²) in [6, 6.07) is 5.41. The van der Waals surface area contributed by atoms with Gasteiger partial charge < -0.3 is 10.4 Å². The SMILES string of the molecule is NS(=O)(=O)c1ccc(NC(=S)/N=C/c2c(O)[nH]c(=O)[nH]c2=O)cc1. The zero-order valence-electron chi connectivity index (χ0n) is 11.8. The number of anilines is 1. The fourth-order valence-corrected chi connectivity index (χ4v) is 2.30. The van der Waals surface area contributed by atoms with E-state index >= 15 is 0 Å². The second-order valence-electron chi connectivity index (χ2n) is 4.43. The summed E-state index contributed by atoms with van der Waals surface area (Å²) in [7, 11) is -3.79. The van der Waals surface area contributed by atoms with E-state index in [0.29, 0.717) is 5.69 Å². The molecule has 0 atom stereocenters. The van der Waals surface area contributed by atoms with Crippen LogP contribution in [0.3, 0.4) is 0 Å². The lowest BCUT2D eigenvalue weighted by atomic mass is 10.3. The molecule has 0 aliphatic carbocycles. The number of aromatic hydroxyl groups is 1. The van der Waals surface area contributed by atoms with E-state index in [-0.39, 0.29) is 15.6 Å². The van der Waals surface area contributed by atoms with Gasteiger partial charge in [-0.15, -0.1) is 0 Å². The van der Waals surface area contributed by atoms with Gasteiger partial charge in [-0.1, -0.05) is 0 Å². The Hall–Kier alpha value is -2.83. The molecule has 12 heteroatoms. The minimum atomic E-state index is -3.79. The summed E-state index contributed by atoms with van der Waals surface area (Å²) in [5, 5.41) is 17.1. The minimum Gasteiger partial charge on any atom is -0.494 e. The predicted octanol–water partition coefficient (Wildman–Crippen LogP) is -0.768. The number of sulfonamides is 1. The van der Waals surface area contributed by atoms with Crippen LogP contribution in [0, 0.1) is 0 Å². The van der Waals surface area contributed by atoms with Crippen LogP contribution in [-0.2, 0) is 10.0 Å². The summed E-state index contributed by atoms with van der Waals surface area (Å²) < 4.78 is 22.3. The normalized spacial score (nSPS) is 11.5. The number of aromatic amines is 2. The number of hydrogen-bond donors (Lipinski definition) is 5. The lowest BCUT2D eigenvalue weighted by molar-refractivity contribution is 0.447. The molecule has 2 aromatic rings. The molecule has 0 bridgehead atoms. The van der Waals surface area contributed by atoms with Crippen LogP contribution in [0.5, 0.6) is 5.88 Å². The maximum Gasteiger partial charge on any atom is 0.328 e. The second kappa shape index (κ2) is 6.74. The van der Waals surface area contributed by atoms with Crippen molar-refractivity contribution in [3.63, 3.8) is 0 Å². The van der Waals surface area contributed by atoms with Gasteiger partial charge in [0.1, 0.15) is 5.56 Å². The molecule has 126 valence electrons. The molecule has 1 aromatic heterocycles. The van der Waals surface area contributed by atoms with Gasteiger partial charge >= 0.3 is 5.69 Å². The molecule has 1 heterocycles. The molecule has 24 heavy (non-hydrogen) atoms. The highest BCUT2D eigenvalue weighted by Gasteiger charge is 2.08. The van der Waals surface area contributed by atoms with Crippen molar-refractivity contribution in [3.8, 4) is 5.88 Å². The lowest BCUT2D eigenvalue weighted by Crippen LogP contribution is -2.25. The zero-order valence-corrected chi connectivity index (χ0v) is 13.4. The summed E-state index contributed by atoms with van der Waals surface area (Å²) in [5.74, 6) is -0.646. The van der Waals surface area contributed by atoms with Gasteiger partial charge in [-0.05, 0) is 36.5 Å². The first-order chi connectivity index (χ1) is 11.2. The lowest BCUT2D eigenvalue weighted by Gasteiger charge is -2.04. The van der Waals surface area contributed by atoms with E-state index < -0.39 is 27.2 Å². The van der Waals surface area contributed by atoms with Crippen LogP contribution in [0.4, 0.5) is 5.69 Å². The Kier molecular flexibility index (Phi) is 4.92. The van der Waals surface area contributed by atoms with Crippen molar-refractivity contribution in [2.45, 2.75) is 4.90 Å². The van der Waals surface area contributed by atoms with E-state index in [9.17, 15) is 23.1 Å². The fraction of sp³-hybridized carbons (Fsp3) is 0. The van der Waals surface area contributed by atoms with E-state index in [2.05, 4.69) is 10.3 Å². The standard InChI is InChI=1S/C12H11N5O5S2/c13-24(21,22)7-3-1-6(2-4-7)15-12(23)14-5-8-9(18)16-11(20)17-10(8)19/h1-5H,(H,15,23)(H2,13,21,22)(H3,16,17,18,19,20)/b14-5+. The van der Waals surface area contributed by atoms with E-state index in [1.165, 1.54) is 24.3 Å². The summed E-state index contributed by atoms with van der Waals surface area (Å²) in [6.07, 6.45) is 0.970. The highest BCUT2D eigenvalue weighted by molar-refractivity contribution is 7.89. The van der Waals surface area contributed by atoms with Crippen LogP contribution < -0.4 is 21.7 Å². The summed E-state index contributed by atoms with van der Waals surface area (Å²) in [5.41, 5.74) is -1.53. The summed E-state index contributed by atoms with van der Waals surface area (Å²) in [4.78, 5) is 30.1. The van der Waals surface area contributed by atoms with Crippen molar-refractivity contribution in [1.29, 1.82) is 0 Å². The van der Waals surface area contributed by atoms with Gasteiger partial charge in [0.25, 0.3) is 5.56 Å². The van der Waals surface area contributed by atoms with Crippen LogP contribution in [0.1, 0.15) is 5.56 Å². The Bertz CT molecular complexity index is 1020. The zero-order chi connectivity index (χ0) is 17.9. The molecule has 0 saturated heterocycles. The molecule has 2 rings (SSSR count). The maximum absolute atomic E-state index is 11.5. The van der Waals surface area contributed by atoms with Gasteiger partial charge in [-0.2, -0.15) is 0 Å². The monoisotopic (exact) mass is 369 g/mol. The number of thiocarbonyl (C=S) groups is 1. The smallest absolute Gasteiger partial charge is 0.328 e. The maximum atomic E-state index is 11.5. The number of hydrogen-bond acceptors (Lipinski definition) is 6. The highest BCUT2D eigenvalue weighted by atomic mass is 32.2. The molecule has 1 aromatic carbocycles. The molecule has 0 aliphatic heterocycles. The third-order valence-corrected chi connectivity index (χ3v) is 3.84. The van der Waals surface area contributed by atoms with E-state index in [1.54, 1.807) is 0 Å².